The number of carbonyl (C=O) groups is 3. The Hall–Kier alpha value is -3.53. The first kappa shape index (κ1) is 25.1. The van der Waals surface area contributed by atoms with Crippen molar-refractivity contribution in [3.05, 3.63) is 65.7 Å². The van der Waals surface area contributed by atoms with Crippen molar-refractivity contribution >= 4 is 40.7 Å². The largest absolute Gasteiger partial charge is 0.484 e. The summed E-state index contributed by atoms with van der Waals surface area (Å²) in [4.78, 5) is 38.0. The summed E-state index contributed by atoms with van der Waals surface area (Å²) in [5, 5.41) is 4.92. The highest BCUT2D eigenvalue weighted by Crippen LogP contribution is 2.34. The van der Waals surface area contributed by atoms with Crippen LogP contribution in [0.25, 0.3) is 0 Å². The van der Waals surface area contributed by atoms with Crippen LogP contribution in [0.2, 0.25) is 5.02 Å². The quantitative estimate of drug-likeness (QED) is 0.541. The molecule has 34 heavy (non-hydrogen) atoms. The van der Waals surface area contributed by atoms with Gasteiger partial charge in [0.15, 0.2) is 6.61 Å². The number of alkyl halides is 3. The number of rotatable bonds is 8. The molecule has 3 amide bonds. The lowest BCUT2D eigenvalue weighted by atomic mass is 10.1. The Labute approximate surface area is 198 Å². The maximum Gasteiger partial charge on any atom is 0.416 e. The van der Waals surface area contributed by atoms with Crippen molar-refractivity contribution in [2.24, 2.45) is 5.92 Å². The van der Waals surface area contributed by atoms with E-state index >= 15 is 0 Å². The fourth-order valence-electron chi connectivity index (χ4n) is 3.30. The van der Waals surface area contributed by atoms with Crippen molar-refractivity contribution < 1.29 is 32.3 Å². The summed E-state index contributed by atoms with van der Waals surface area (Å²) in [6, 6.07) is 8.91. The maximum absolute atomic E-state index is 12.9. The molecule has 1 aliphatic heterocycles. The lowest BCUT2D eigenvalue weighted by molar-refractivity contribution is -0.137. The molecule has 1 atom stereocenters. The number of ether oxygens (including phenoxy) is 1. The van der Waals surface area contributed by atoms with Gasteiger partial charge in [0.2, 0.25) is 11.8 Å². The van der Waals surface area contributed by atoms with Crippen molar-refractivity contribution in [2.45, 2.75) is 12.6 Å². The third-order valence-electron chi connectivity index (χ3n) is 5.00. The molecule has 1 saturated heterocycles. The van der Waals surface area contributed by atoms with Crippen molar-refractivity contribution in [3.8, 4) is 5.75 Å². The molecule has 0 radical (unpaired) electrons. The summed E-state index contributed by atoms with van der Waals surface area (Å²) in [5.74, 6) is -1.27. The normalized spacial score (nSPS) is 15.7. The van der Waals surface area contributed by atoms with Gasteiger partial charge in [0.25, 0.3) is 5.91 Å². The van der Waals surface area contributed by atoms with E-state index in [-0.39, 0.29) is 35.5 Å². The fraction of sp³-hybridized carbons (Fsp3) is 0.261. The predicted molar refractivity (Wildman–Crippen MR) is 121 cm³/mol. The van der Waals surface area contributed by atoms with Crippen LogP contribution in [0, 0.1) is 5.92 Å². The molecular formula is C23H21ClF3N3O4. The fourth-order valence-corrected chi connectivity index (χ4v) is 3.47. The highest BCUT2D eigenvalue weighted by Gasteiger charge is 2.35. The highest BCUT2D eigenvalue weighted by molar-refractivity contribution is 6.33. The topological polar surface area (TPSA) is 87.7 Å². The predicted octanol–water partition coefficient (Wildman–Crippen LogP) is 4.03. The average molecular weight is 496 g/mol. The molecule has 2 aromatic rings. The van der Waals surface area contributed by atoms with E-state index in [1.807, 2.05) is 0 Å². The molecule has 1 fully saturated rings. The van der Waals surface area contributed by atoms with Crippen LogP contribution in [0.4, 0.5) is 24.5 Å². The second-order valence-electron chi connectivity index (χ2n) is 7.46. The zero-order chi connectivity index (χ0) is 24.9. The lowest BCUT2D eigenvalue weighted by Gasteiger charge is -2.17. The standard InChI is InChI=1S/C23H21ClF3N3O4/c1-2-9-28-22(33)14-10-21(32)30(12-14)16-4-6-17(7-5-16)34-13-20(31)29-19-11-15(23(25,26)27)3-8-18(19)24/h2-8,11,14H,1,9-10,12-13H2,(H,28,33)(H,29,31)/t14-/m1/s1. The zero-order valence-corrected chi connectivity index (χ0v) is 18.6. The third kappa shape index (κ3) is 6.28. The summed E-state index contributed by atoms with van der Waals surface area (Å²) in [5.41, 5.74) is -0.558. The summed E-state index contributed by atoms with van der Waals surface area (Å²) in [6.07, 6.45) is -2.92. The van der Waals surface area contributed by atoms with Crippen molar-refractivity contribution in [2.75, 3.05) is 29.9 Å². The molecule has 0 aromatic heterocycles. The van der Waals surface area contributed by atoms with Gasteiger partial charge in [-0.05, 0) is 42.5 Å². The van der Waals surface area contributed by atoms with Gasteiger partial charge in [0.05, 0.1) is 22.2 Å². The van der Waals surface area contributed by atoms with Crippen molar-refractivity contribution in [1.82, 2.24) is 5.32 Å². The molecule has 11 heteroatoms. The molecule has 0 aliphatic carbocycles. The third-order valence-corrected chi connectivity index (χ3v) is 5.33. The van der Waals surface area contributed by atoms with E-state index in [9.17, 15) is 27.6 Å². The van der Waals surface area contributed by atoms with Crippen LogP contribution in [0.1, 0.15) is 12.0 Å². The summed E-state index contributed by atoms with van der Waals surface area (Å²) >= 11 is 5.87. The van der Waals surface area contributed by atoms with Gasteiger partial charge in [-0.3, -0.25) is 14.4 Å². The molecule has 2 N–H and O–H groups in total. The van der Waals surface area contributed by atoms with Crippen LogP contribution in [0.3, 0.4) is 0 Å². The molecule has 3 rings (SSSR count). The van der Waals surface area contributed by atoms with Gasteiger partial charge >= 0.3 is 6.18 Å². The number of halogens is 4. The molecule has 7 nitrogen and oxygen atoms in total. The first-order valence-electron chi connectivity index (χ1n) is 10.2. The molecule has 0 spiro atoms. The second kappa shape index (κ2) is 10.6. The van der Waals surface area contributed by atoms with E-state index in [1.54, 1.807) is 18.2 Å². The minimum Gasteiger partial charge on any atom is -0.484 e. The molecule has 1 heterocycles. The van der Waals surface area contributed by atoms with Crippen LogP contribution in [-0.2, 0) is 20.6 Å². The zero-order valence-electron chi connectivity index (χ0n) is 17.8. The van der Waals surface area contributed by atoms with Gasteiger partial charge in [0.1, 0.15) is 5.75 Å². The Bertz CT molecular complexity index is 1090. The van der Waals surface area contributed by atoms with E-state index in [0.717, 1.165) is 18.2 Å². The Morgan fingerprint density at radius 1 is 1.21 bits per heavy atom. The van der Waals surface area contributed by atoms with Gasteiger partial charge < -0.3 is 20.3 Å². The van der Waals surface area contributed by atoms with E-state index in [4.69, 9.17) is 16.3 Å². The van der Waals surface area contributed by atoms with Gasteiger partial charge in [-0.25, -0.2) is 0 Å². The van der Waals surface area contributed by atoms with Crippen LogP contribution in [0.5, 0.6) is 5.75 Å². The number of benzene rings is 2. The minimum atomic E-state index is -4.57. The molecule has 0 bridgehead atoms. The van der Waals surface area contributed by atoms with E-state index in [0.29, 0.717) is 18.0 Å². The second-order valence-corrected chi connectivity index (χ2v) is 7.87. The Balaban J connectivity index is 1.55. The summed E-state index contributed by atoms with van der Waals surface area (Å²) in [7, 11) is 0. The van der Waals surface area contributed by atoms with Gasteiger partial charge in [-0.1, -0.05) is 17.7 Å². The minimum absolute atomic E-state index is 0.0440. The Morgan fingerprint density at radius 3 is 2.56 bits per heavy atom. The SMILES string of the molecule is C=CCNC(=O)[C@@H]1CC(=O)N(c2ccc(OCC(=O)Nc3cc(C(F)(F)F)ccc3Cl)cc2)C1. The van der Waals surface area contributed by atoms with E-state index < -0.39 is 30.2 Å². The maximum atomic E-state index is 12.9. The smallest absolute Gasteiger partial charge is 0.416 e. The molecule has 180 valence electrons. The van der Waals surface area contributed by atoms with Gasteiger partial charge in [-0.15, -0.1) is 6.58 Å². The first-order chi connectivity index (χ1) is 16.1. The molecule has 0 unspecified atom stereocenters. The van der Waals surface area contributed by atoms with Crippen LogP contribution >= 0.6 is 11.6 Å². The van der Waals surface area contributed by atoms with Crippen molar-refractivity contribution in [3.63, 3.8) is 0 Å². The van der Waals surface area contributed by atoms with Gasteiger partial charge in [-0.2, -0.15) is 13.2 Å². The number of hydrogen-bond donors (Lipinski definition) is 2. The lowest BCUT2D eigenvalue weighted by Crippen LogP contribution is -2.32. The molecule has 0 saturated carbocycles. The van der Waals surface area contributed by atoms with Crippen LogP contribution < -0.4 is 20.3 Å². The number of anilines is 2. The number of nitrogens with one attached hydrogen (secondary N) is 2. The summed E-state index contributed by atoms with van der Waals surface area (Å²) in [6.45, 7) is 3.62. The number of nitrogens with zero attached hydrogens (tertiary/aromatic N) is 1. The number of carbonyl (C=O) groups excluding carboxylic acids is 3. The van der Waals surface area contributed by atoms with Crippen LogP contribution in [-0.4, -0.2) is 37.4 Å². The first-order valence-corrected chi connectivity index (χ1v) is 10.5. The monoisotopic (exact) mass is 495 g/mol. The van der Waals surface area contributed by atoms with Crippen molar-refractivity contribution in [1.29, 1.82) is 0 Å². The van der Waals surface area contributed by atoms with E-state index in [2.05, 4.69) is 17.2 Å². The molecular weight excluding hydrogens is 475 g/mol. The Kier molecular flexibility index (Phi) is 7.83. The molecule has 1 aliphatic rings. The van der Waals surface area contributed by atoms with Gasteiger partial charge in [0, 0.05) is 25.2 Å². The average Bonchev–Trinajstić information content (AvgIpc) is 3.18. The van der Waals surface area contributed by atoms with Crippen LogP contribution in [0.15, 0.2) is 55.1 Å². The Morgan fingerprint density at radius 2 is 1.91 bits per heavy atom. The number of hydrogen-bond acceptors (Lipinski definition) is 4. The molecule has 2 aromatic carbocycles. The summed E-state index contributed by atoms with van der Waals surface area (Å²) < 4.78 is 43.9. The van der Waals surface area contributed by atoms with E-state index in [1.165, 1.54) is 17.0 Å². The number of amides is 3. The highest BCUT2D eigenvalue weighted by atomic mass is 35.5.